The minimum Gasteiger partial charge on any atom is -0.381 e. The van der Waals surface area contributed by atoms with Crippen molar-refractivity contribution in [1.82, 2.24) is 5.32 Å². The second-order valence-electron chi connectivity index (χ2n) is 5.08. The van der Waals surface area contributed by atoms with E-state index in [4.69, 9.17) is 10.5 Å². The number of rotatable bonds is 5. The molecule has 0 atom stereocenters. The summed E-state index contributed by atoms with van der Waals surface area (Å²) in [5, 5.41) is 3.05. The zero-order chi connectivity index (χ0) is 14.4. The van der Waals surface area contributed by atoms with Crippen molar-refractivity contribution in [3.63, 3.8) is 0 Å². The van der Waals surface area contributed by atoms with E-state index in [0.717, 1.165) is 31.6 Å². The number of carbonyl (C=O) groups is 1. The van der Waals surface area contributed by atoms with Gasteiger partial charge in [0.2, 0.25) is 0 Å². The molecule has 4 nitrogen and oxygen atoms in total. The van der Waals surface area contributed by atoms with Crippen molar-refractivity contribution in [1.29, 1.82) is 0 Å². The molecule has 1 aromatic rings. The fraction of sp³-hybridized carbons (Fsp3) is 0.533. The van der Waals surface area contributed by atoms with Gasteiger partial charge in [0.1, 0.15) is 0 Å². The van der Waals surface area contributed by atoms with Crippen LogP contribution in [0.25, 0.3) is 0 Å². The molecule has 0 aliphatic carbocycles. The highest BCUT2D eigenvalue weighted by Gasteiger charge is 2.32. The van der Waals surface area contributed by atoms with Crippen LogP contribution in [0.5, 0.6) is 0 Å². The van der Waals surface area contributed by atoms with Gasteiger partial charge < -0.3 is 15.8 Å². The van der Waals surface area contributed by atoms with Crippen molar-refractivity contribution < 1.29 is 9.53 Å². The van der Waals surface area contributed by atoms with Gasteiger partial charge in [0.25, 0.3) is 5.91 Å². The Labute approximate surface area is 136 Å². The quantitative estimate of drug-likeness (QED) is 0.868. The largest absolute Gasteiger partial charge is 0.381 e. The normalized spacial score (nSPS) is 16.9. The molecule has 0 bridgehead atoms. The Morgan fingerprint density at radius 1 is 1.33 bits per heavy atom. The van der Waals surface area contributed by atoms with Crippen molar-refractivity contribution >= 4 is 30.1 Å². The SMILES string of the molecule is CSC1(CNC(=O)c2ccc(CN)cc2)CCOCC1.Cl. The molecule has 1 saturated heterocycles. The van der Waals surface area contributed by atoms with E-state index in [1.54, 1.807) is 0 Å². The predicted octanol–water partition coefficient (Wildman–Crippen LogP) is 2.21. The third kappa shape index (κ3) is 4.88. The maximum Gasteiger partial charge on any atom is 0.251 e. The van der Waals surface area contributed by atoms with Gasteiger partial charge in [-0.05, 0) is 36.8 Å². The molecule has 6 heteroatoms. The zero-order valence-corrected chi connectivity index (χ0v) is 13.9. The number of halogens is 1. The van der Waals surface area contributed by atoms with Crippen molar-refractivity contribution in [3.05, 3.63) is 35.4 Å². The second-order valence-corrected chi connectivity index (χ2v) is 6.36. The number of hydrogen-bond donors (Lipinski definition) is 2. The summed E-state index contributed by atoms with van der Waals surface area (Å²) in [7, 11) is 0. The van der Waals surface area contributed by atoms with E-state index in [0.29, 0.717) is 18.7 Å². The first-order chi connectivity index (χ1) is 9.69. The Morgan fingerprint density at radius 2 is 1.95 bits per heavy atom. The Hall–Kier alpha value is -0.750. The lowest BCUT2D eigenvalue weighted by molar-refractivity contribution is 0.0742. The van der Waals surface area contributed by atoms with Gasteiger partial charge in [0.05, 0.1) is 0 Å². The number of hydrogen-bond acceptors (Lipinski definition) is 4. The number of benzene rings is 1. The molecule has 1 amide bonds. The molecule has 1 aliphatic heterocycles. The highest BCUT2D eigenvalue weighted by molar-refractivity contribution is 8.00. The van der Waals surface area contributed by atoms with Crippen LogP contribution in [-0.4, -0.2) is 36.7 Å². The molecule has 2 rings (SSSR count). The third-order valence-corrected chi connectivity index (χ3v) is 5.28. The predicted molar refractivity (Wildman–Crippen MR) is 90.2 cm³/mol. The molecule has 0 saturated carbocycles. The third-order valence-electron chi connectivity index (χ3n) is 3.86. The van der Waals surface area contributed by atoms with E-state index in [9.17, 15) is 4.79 Å². The maximum atomic E-state index is 12.2. The summed E-state index contributed by atoms with van der Waals surface area (Å²) in [4.78, 5) is 12.2. The highest BCUT2D eigenvalue weighted by Crippen LogP contribution is 2.33. The summed E-state index contributed by atoms with van der Waals surface area (Å²) in [6, 6.07) is 7.45. The van der Waals surface area contributed by atoms with E-state index >= 15 is 0 Å². The maximum absolute atomic E-state index is 12.2. The van der Waals surface area contributed by atoms with Crippen LogP contribution in [0.15, 0.2) is 24.3 Å². The topological polar surface area (TPSA) is 64.4 Å². The monoisotopic (exact) mass is 330 g/mol. The van der Waals surface area contributed by atoms with Crippen molar-refractivity contribution in [2.45, 2.75) is 24.1 Å². The van der Waals surface area contributed by atoms with Crippen molar-refractivity contribution in [3.8, 4) is 0 Å². The summed E-state index contributed by atoms with van der Waals surface area (Å²) in [5.41, 5.74) is 7.27. The smallest absolute Gasteiger partial charge is 0.251 e. The fourth-order valence-electron chi connectivity index (χ4n) is 2.33. The van der Waals surface area contributed by atoms with Crippen LogP contribution in [0, 0.1) is 0 Å². The first-order valence-electron chi connectivity index (χ1n) is 6.89. The average molecular weight is 331 g/mol. The van der Waals surface area contributed by atoms with Gasteiger partial charge >= 0.3 is 0 Å². The number of amides is 1. The minimum atomic E-state index is -0.0199. The average Bonchev–Trinajstić information content (AvgIpc) is 2.53. The van der Waals surface area contributed by atoms with Gasteiger partial charge in [0, 0.05) is 36.6 Å². The molecule has 1 aromatic carbocycles. The fourth-order valence-corrected chi connectivity index (χ4v) is 3.12. The van der Waals surface area contributed by atoms with E-state index < -0.39 is 0 Å². The summed E-state index contributed by atoms with van der Waals surface area (Å²) < 4.78 is 5.52. The van der Waals surface area contributed by atoms with Gasteiger partial charge in [-0.1, -0.05) is 12.1 Å². The number of carbonyl (C=O) groups excluding carboxylic acids is 1. The first kappa shape index (κ1) is 18.3. The van der Waals surface area contributed by atoms with Crippen LogP contribution in [0.1, 0.15) is 28.8 Å². The van der Waals surface area contributed by atoms with Crippen LogP contribution in [0.4, 0.5) is 0 Å². The van der Waals surface area contributed by atoms with Crippen LogP contribution in [-0.2, 0) is 11.3 Å². The lowest BCUT2D eigenvalue weighted by atomic mass is 9.99. The highest BCUT2D eigenvalue weighted by atomic mass is 35.5. The molecular formula is C15H23ClN2O2S. The number of thioether (sulfide) groups is 1. The molecule has 21 heavy (non-hydrogen) atoms. The molecule has 3 N–H and O–H groups in total. The summed E-state index contributed by atoms with van der Waals surface area (Å²) in [5.74, 6) is -0.0199. The second kappa shape index (κ2) is 8.63. The standard InChI is InChI=1S/C15H22N2O2S.ClH/c1-20-15(6-8-19-9-7-15)11-17-14(18)13-4-2-12(10-16)3-5-13;/h2-5H,6-11,16H2,1H3,(H,17,18);1H. The zero-order valence-electron chi connectivity index (χ0n) is 12.3. The van der Waals surface area contributed by atoms with Crippen molar-refractivity contribution in [2.75, 3.05) is 26.0 Å². The van der Waals surface area contributed by atoms with Crippen LogP contribution < -0.4 is 11.1 Å². The minimum absolute atomic E-state index is 0. The molecule has 118 valence electrons. The summed E-state index contributed by atoms with van der Waals surface area (Å²) in [6.45, 7) is 2.75. The Balaban J connectivity index is 0.00000220. The van der Waals surface area contributed by atoms with Gasteiger partial charge in [-0.3, -0.25) is 4.79 Å². The van der Waals surface area contributed by atoms with E-state index in [1.807, 2.05) is 36.0 Å². The lowest BCUT2D eigenvalue weighted by Crippen LogP contribution is -2.44. The molecule has 0 unspecified atom stereocenters. The van der Waals surface area contributed by atoms with Crippen LogP contribution in [0.3, 0.4) is 0 Å². The van der Waals surface area contributed by atoms with Crippen molar-refractivity contribution in [2.24, 2.45) is 5.73 Å². The lowest BCUT2D eigenvalue weighted by Gasteiger charge is -2.35. The number of nitrogens with one attached hydrogen (secondary N) is 1. The number of nitrogens with two attached hydrogens (primary N) is 1. The molecular weight excluding hydrogens is 308 g/mol. The first-order valence-corrected chi connectivity index (χ1v) is 8.12. The van der Waals surface area contributed by atoms with Gasteiger partial charge in [0.15, 0.2) is 0 Å². The summed E-state index contributed by atoms with van der Waals surface area (Å²) >= 11 is 1.83. The molecule has 0 spiro atoms. The van der Waals surface area contributed by atoms with E-state index in [1.165, 1.54) is 0 Å². The molecule has 0 aromatic heterocycles. The number of ether oxygens (including phenoxy) is 1. The van der Waals surface area contributed by atoms with E-state index in [-0.39, 0.29) is 23.1 Å². The van der Waals surface area contributed by atoms with Gasteiger partial charge in [-0.15, -0.1) is 12.4 Å². The van der Waals surface area contributed by atoms with Crippen LogP contribution >= 0.6 is 24.2 Å². The molecule has 1 fully saturated rings. The molecule has 0 radical (unpaired) electrons. The Bertz CT molecular complexity index is 447. The Morgan fingerprint density at radius 3 is 2.48 bits per heavy atom. The Kier molecular flexibility index (Phi) is 7.52. The van der Waals surface area contributed by atoms with Gasteiger partial charge in [-0.2, -0.15) is 11.8 Å². The molecule has 1 aliphatic rings. The molecule has 1 heterocycles. The van der Waals surface area contributed by atoms with Gasteiger partial charge in [-0.25, -0.2) is 0 Å². The van der Waals surface area contributed by atoms with E-state index in [2.05, 4.69) is 11.6 Å². The van der Waals surface area contributed by atoms with Crippen LogP contribution in [0.2, 0.25) is 0 Å². The summed E-state index contributed by atoms with van der Waals surface area (Å²) in [6.07, 6.45) is 4.08.